The Bertz CT molecular complexity index is 609. The highest BCUT2D eigenvalue weighted by atomic mass is 16.2. The van der Waals surface area contributed by atoms with Crippen LogP contribution in [0.25, 0.3) is 0 Å². The van der Waals surface area contributed by atoms with Crippen molar-refractivity contribution < 1.29 is 4.79 Å². The number of benzene rings is 2. The molecule has 1 aliphatic heterocycles. The fraction of sp³-hybridized carbons (Fsp3) is 0.235. The van der Waals surface area contributed by atoms with Gasteiger partial charge in [-0.3, -0.25) is 4.79 Å². The molecule has 1 unspecified atom stereocenters. The fourth-order valence-corrected chi connectivity index (χ4v) is 2.67. The summed E-state index contributed by atoms with van der Waals surface area (Å²) >= 11 is 0. The highest BCUT2D eigenvalue weighted by Gasteiger charge is 2.27. The second kappa shape index (κ2) is 5.47. The van der Waals surface area contributed by atoms with Crippen LogP contribution < -0.4 is 10.6 Å². The molecule has 2 N–H and O–H groups in total. The number of anilines is 1. The zero-order valence-electron chi connectivity index (χ0n) is 11.3. The van der Waals surface area contributed by atoms with Gasteiger partial charge in [0.05, 0.1) is 12.6 Å². The van der Waals surface area contributed by atoms with E-state index >= 15 is 0 Å². The third-order valence-corrected chi connectivity index (χ3v) is 3.77. The highest BCUT2D eigenvalue weighted by Crippen LogP contribution is 2.27. The summed E-state index contributed by atoms with van der Waals surface area (Å²) in [7, 11) is 0. The standard InChI is InChI=1S/C17H18N2O/c18-15-11-10-14-8-4-5-9-16(14)19(17(15)20)12-13-6-2-1-3-7-13/h1-9,15H,10-12,18H2. The summed E-state index contributed by atoms with van der Waals surface area (Å²) in [6.07, 6.45) is 1.56. The molecule has 102 valence electrons. The lowest BCUT2D eigenvalue weighted by atomic mass is 10.1. The van der Waals surface area contributed by atoms with E-state index in [1.165, 1.54) is 5.56 Å². The van der Waals surface area contributed by atoms with Crippen LogP contribution >= 0.6 is 0 Å². The van der Waals surface area contributed by atoms with Gasteiger partial charge in [-0.2, -0.15) is 0 Å². The molecule has 1 heterocycles. The number of rotatable bonds is 2. The number of amides is 1. The maximum absolute atomic E-state index is 12.5. The zero-order valence-corrected chi connectivity index (χ0v) is 11.3. The molecule has 1 amide bonds. The lowest BCUT2D eigenvalue weighted by Gasteiger charge is -2.24. The van der Waals surface area contributed by atoms with Gasteiger partial charge in [0.25, 0.3) is 0 Å². The first-order valence-corrected chi connectivity index (χ1v) is 6.94. The SMILES string of the molecule is NC1CCc2ccccc2N(Cc2ccccc2)C1=O. The molecule has 1 aliphatic rings. The van der Waals surface area contributed by atoms with Gasteiger partial charge < -0.3 is 10.6 Å². The number of hydrogen-bond acceptors (Lipinski definition) is 2. The maximum Gasteiger partial charge on any atom is 0.244 e. The highest BCUT2D eigenvalue weighted by molar-refractivity contribution is 5.98. The molecule has 2 aromatic rings. The Balaban J connectivity index is 1.99. The van der Waals surface area contributed by atoms with E-state index in [2.05, 4.69) is 6.07 Å². The Labute approximate surface area is 119 Å². The van der Waals surface area contributed by atoms with E-state index in [1.807, 2.05) is 53.4 Å². The number of fused-ring (bicyclic) bond motifs is 1. The van der Waals surface area contributed by atoms with Crippen LogP contribution in [0.15, 0.2) is 54.6 Å². The topological polar surface area (TPSA) is 46.3 Å². The van der Waals surface area contributed by atoms with Gasteiger partial charge in [-0.05, 0) is 30.0 Å². The van der Waals surface area contributed by atoms with E-state index in [1.54, 1.807) is 0 Å². The zero-order chi connectivity index (χ0) is 13.9. The molecule has 3 heteroatoms. The van der Waals surface area contributed by atoms with E-state index in [-0.39, 0.29) is 5.91 Å². The third-order valence-electron chi connectivity index (χ3n) is 3.77. The van der Waals surface area contributed by atoms with Gasteiger partial charge in [-0.1, -0.05) is 48.5 Å². The van der Waals surface area contributed by atoms with Crippen LogP contribution in [0.5, 0.6) is 0 Å². The van der Waals surface area contributed by atoms with Crippen molar-refractivity contribution in [2.24, 2.45) is 5.73 Å². The number of para-hydroxylation sites is 1. The van der Waals surface area contributed by atoms with Crippen LogP contribution in [-0.4, -0.2) is 11.9 Å². The van der Waals surface area contributed by atoms with Crippen molar-refractivity contribution in [2.45, 2.75) is 25.4 Å². The van der Waals surface area contributed by atoms with Crippen LogP contribution in [0.3, 0.4) is 0 Å². The van der Waals surface area contributed by atoms with Crippen molar-refractivity contribution in [3.05, 3.63) is 65.7 Å². The van der Waals surface area contributed by atoms with E-state index in [0.29, 0.717) is 13.0 Å². The Hall–Kier alpha value is -2.13. The largest absolute Gasteiger partial charge is 0.320 e. The summed E-state index contributed by atoms with van der Waals surface area (Å²) in [5.41, 5.74) is 9.32. The van der Waals surface area contributed by atoms with Gasteiger partial charge >= 0.3 is 0 Å². The predicted octanol–water partition coefficient (Wildman–Crippen LogP) is 2.49. The lowest BCUT2D eigenvalue weighted by molar-refractivity contribution is -0.120. The Kier molecular flexibility index (Phi) is 3.52. The van der Waals surface area contributed by atoms with Crippen molar-refractivity contribution in [3.8, 4) is 0 Å². The number of nitrogens with two attached hydrogens (primary N) is 1. The van der Waals surface area contributed by atoms with E-state index in [0.717, 1.165) is 17.7 Å². The van der Waals surface area contributed by atoms with Crippen LogP contribution in [0.2, 0.25) is 0 Å². The molecule has 0 saturated heterocycles. The summed E-state index contributed by atoms with van der Waals surface area (Å²) in [5, 5.41) is 0. The van der Waals surface area contributed by atoms with Crippen molar-refractivity contribution in [1.29, 1.82) is 0 Å². The van der Waals surface area contributed by atoms with Crippen LogP contribution in [0.1, 0.15) is 17.5 Å². The molecular weight excluding hydrogens is 248 g/mol. The summed E-state index contributed by atoms with van der Waals surface area (Å²) in [4.78, 5) is 14.3. The smallest absolute Gasteiger partial charge is 0.244 e. The average Bonchev–Trinajstić information content (AvgIpc) is 2.61. The van der Waals surface area contributed by atoms with Gasteiger partial charge in [0, 0.05) is 5.69 Å². The third kappa shape index (κ3) is 2.45. The molecule has 2 aromatic carbocycles. The normalized spacial score (nSPS) is 18.6. The average molecular weight is 266 g/mol. The van der Waals surface area contributed by atoms with Gasteiger partial charge in [0.15, 0.2) is 0 Å². The molecular formula is C17H18N2O. The molecule has 0 fully saturated rings. The minimum atomic E-state index is -0.411. The van der Waals surface area contributed by atoms with E-state index in [4.69, 9.17) is 5.73 Å². The number of nitrogens with zero attached hydrogens (tertiary/aromatic N) is 1. The van der Waals surface area contributed by atoms with Crippen molar-refractivity contribution in [2.75, 3.05) is 4.90 Å². The summed E-state index contributed by atoms with van der Waals surface area (Å²) < 4.78 is 0. The molecule has 0 spiro atoms. The molecule has 3 nitrogen and oxygen atoms in total. The summed E-state index contributed by atoms with van der Waals surface area (Å²) in [6.45, 7) is 0.574. The Morgan fingerprint density at radius 1 is 1.05 bits per heavy atom. The van der Waals surface area contributed by atoms with Gasteiger partial charge in [-0.15, -0.1) is 0 Å². The monoisotopic (exact) mass is 266 g/mol. The molecule has 0 aromatic heterocycles. The minimum absolute atomic E-state index is 0.0128. The lowest BCUT2D eigenvalue weighted by Crippen LogP contribution is -2.42. The fourth-order valence-electron chi connectivity index (χ4n) is 2.67. The summed E-state index contributed by atoms with van der Waals surface area (Å²) in [5.74, 6) is 0.0128. The molecule has 0 aliphatic carbocycles. The second-order valence-corrected chi connectivity index (χ2v) is 5.18. The van der Waals surface area contributed by atoms with Gasteiger partial charge in [0.2, 0.25) is 5.91 Å². The minimum Gasteiger partial charge on any atom is -0.320 e. The molecule has 3 rings (SSSR count). The second-order valence-electron chi connectivity index (χ2n) is 5.18. The molecule has 0 radical (unpaired) electrons. The van der Waals surface area contributed by atoms with Crippen LogP contribution in [0, 0.1) is 0 Å². The van der Waals surface area contributed by atoms with Gasteiger partial charge in [0.1, 0.15) is 0 Å². The molecule has 20 heavy (non-hydrogen) atoms. The first kappa shape index (κ1) is 12.9. The predicted molar refractivity (Wildman–Crippen MR) is 80.4 cm³/mol. The number of hydrogen-bond donors (Lipinski definition) is 1. The number of carbonyl (C=O) groups excluding carboxylic acids is 1. The van der Waals surface area contributed by atoms with E-state index < -0.39 is 6.04 Å². The first-order chi connectivity index (χ1) is 9.75. The van der Waals surface area contributed by atoms with Gasteiger partial charge in [-0.25, -0.2) is 0 Å². The first-order valence-electron chi connectivity index (χ1n) is 6.94. The van der Waals surface area contributed by atoms with Crippen molar-refractivity contribution in [1.82, 2.24) is 0 Å². The molecule has 0 bridgehead atoms. The molecule has 1 atom stereocenters. The van der Waals surface area contributed by atoms with Crippen LogP contribution in [0.4, 0.5) is 5.69 Å². The summed E-state index contributed by atoms with van der Waals surface area (Å²) in [6, 6.07) is 17.7. The maximum atomic E-state index is 12.5. The number of carbonyl (C=O) groups is 1. The quantitative estimate of drug-likeness (QED) is 0.907. The molecule has 0 saturated carbocycles. The Morgan fingerprint density at radius 2 is 1.75 bits per heavy atom. The van der Waals surface area contributed by atoms with Crippen LogP contribution in [-0.2, 0) is 17.8 Å². The number of aryl methyl sites for hydroxylation is 1. The van der Waals surface area contributed by atoms with E-state index in [9.17, 15) is 4.79 Å². The van der Waals surface area contributed by atoms with Crippen molar-refractivity contribution >= 4 is 11.6 Å². The Morgan fingerprint density at radius 3 is 2.55 bits per heavy atom. The van der Waals surface area contributed by atoms with Crippen molar-refractivity contribution in [3.63, 3.8) is 0 Å².